The van der Waals surface area contributed by atoms with Crippen molar-refractivity contribution in [2.45, 2.75) is 13.3 Å². The number of hydrogen-bond acceptors (Lipinski definition) is 2. The number of aliphatic imine (C=N–C) groups is 1. The number of nitrogens with zero attached hydrogens (tertiary/aromatic N) is 1. The maximum Gasteiger partial charge on any atom is 0.191 e. The zero-order chi connectivity index (χ0) is 15.8. The van der Waals surface area contributed by atoms with Gasteiger partial charge in [-0.3, -0.25) is 4.99 Å². The molecule has 2 aromatic rings. The molecule has 1 heterocycles. The van der Waals surface area contributed by atoms with Crippen LogP contribution in [-0.4, -0.2) is 44.3 Å². The molecule has 5 nitrogen and oxygen atoms in total. The summed E-state index contributed by atoms with van der Waals surface area (Å²) in [6.07, 6.45) is 2.72. The summed E-state index contributed by atoms with van der Waals surface area (Å²) in [5.41, 5.74) is 2.05. The monoisotopic (exact) mass is 434 g/mol. The molecular formula is C16H24FIN4O. The summed E-state index contributed by atoms with van der Waals surface area (Å²) < 4.78 is 18.3. The average Bonchev–Trinajstić information content (AvgIpc) is 2.90. The number of halogens is 2. The van der Waals surface area contributed by atoms with E-state index in [-0.39, 0.29) is 29.8 Å². The molecule has 0 bridgehead atoms. The van der Waals surface area contributed by atoms with Gasteiger partial charge in [0.05, 0.1) is 13.2 Å². The minimum Gasteiger partial charge on any atom is -0.383 e. The summed E-state index contributed by atoms with van der Waals surface area (Å²) in [6.45, 7) is 4.76. The highest BCUT2D eigenvalue weighted by Gasteiger charge is 2.05. The molecule has 1 aromatic heterocycles. The highest BCUT2D eigenvalue weighted by Crippen LogP contribution is 2.19. The molecule has 7 heteroatoms. The van der Waals surface area contributed by atoms with Crippen molar-refractivity contribution in [2.24, 2.45) is 4.99 Å². The van der Waals surface area contributed by atoms with Crippen LogP contribution in [0.5, 0.6) is 0 Å². The summed E-state index contributed by atoms with van der Waals surface area (Å²) in [6, 6.07) is 4.80. The molecule has 2 rings (SSSR count). The van der Waals surface area contributed by atoms with Crippen molar-refractivity contribution in [1.82, 2.24) is 15.6 Å². The van der Waals surface area contributed by atoms with Gasteiger partial charge in [-0.05, 0) is 37.1 Å². The lowest BCUT2D eigenvalue weighted by Crippen LogP contribution is -2.38. The standard InChI is InChI=1S/C16H23FN4O.HI/c1-3-18-16(20-8-9-22-2)19-7-6-12-11-21-15-5-4-13(17)10-14(12)15;/h4-5,10-11,21H,3,6-9H2,1-2H3,(H2,18,19,20);1H. The smallest absolute Gasteiger partial charge is 0.191 e. The van der Waals surface area contributed by atoms with Crippen molar-refractivity contribution >= 4 is 40.8 Å². The largest absolute Gasteiger partial charge is 0.383 e. The van der Waals surface area contributed by atoms with Gasteiger partial charge in [-0.2, -0.15) is 0 Å². The van der Waals surface area contributed by atoms with E-state index in [1.54, 1.807) is 19.2 Å². The predicted molar refractivity (Wildman–Crippen MR) is 103 cm³/mol. The number of guanidine groups is 1. The van der Waals surface area contributed by atoms with E-state index in [9.17, 15) is 4.39 Å². The van der Waals surface area contributed by atoms with E-state index in [1.165, 1.54) is 6.07 Å². The van der Waals surface area contributed by atoms with Gasteiger partial charge in [0.2, 0.25) is 0 Å². The number of ether oxygens (including phenoxy) is 1. The summed E-state index contributed by atoms with van der Waals surface area (Å²) in [7, 11) is 1.66. The van der Waals surface area contributed by atoms with Gasteiger partial charge in [-0.25, -0.2) is 4.39 Å². The van der Waals surface area contributed by atoms with Gasteiger partial charge < -0.3 is 20.4 Å². The van der Waals surface area contributed by atoms with E-state index in [4.69, 9.17) is 4.74 Å². The fourth-order valence-electron chi connectivity index (χ4n) is 2.26. The lowest BCUT2D eigenvalue weighted by atomic mass is 10.1. The topological polar surface area (TPSA) is 61.4 Å². The second-order valence-electron chi connectivity index (χ2n) is 4.93. The van der Waals surface area contributed by atoms with E-state index in [0.29, 0.717) is 13.2 Å². The molecule has 0 aliphatic carbocycles. The molecule has 3 N–H and O–H groups in total. The average molecular weight is 434 g/mol. The van der Waals surface area contributed by atoms with Crippen molar-refractivity contribution in [1.29, 1.82) is 0 Å². The first-order chi connectivity index (χ1) is 10.7. The first-order valence-corrected chi connectivity index (χ1v) is 7.51. The van der Waals surface area contributed by atoms with Crippen LogP contribution in [0.15, 0.2) is 29.4 Å². The Bertz CT molecular complexity index is 630. The molecule has 23 heavy (non-hydrogen) atoms. The fourth-order valence-corrected chi connectivity index (χ4v) is 2.26. The molecule has 0 aliphatic rings. The highest BCUT2D eigenvalue weighted by molar-refractivity contribution is 14.0. The molecule has 0 aliphatic heterocycles. The van der Waals surface area contributed by atoms with E-state index >= 15 is 0 Å². The molecule has 0 saturated carbocycles. The number of aromatic amines is 1. The van der Waals surface area contributed by atoms with Crippen molar-refractivity contribution in [3.63, 3.8) is 0 Å². The van der Waals surface area contributed by atoms with Gasteiger partial charge >= 0.3 is 0 Å². The minimum atomic E-state index is -0.212. The van der Waals surface area contributed by atoms with E-state index < -0.39 is 0 Å². The first-order valence-electron chi connectivity index (χ1n) is 7.51. The Hall–Kier alpha value is -1.35. The number of benzene rings is 1. The zero-order valence-corrected chi connectivity index (χ0v) is 15.8. The molecule has 0 spiro atoms. The predicted octanol–water partition coefficient (Wildman–Crippen LogP) is 2.67. The summed E-state index contributed by atoms with van der Waals surface area (Å²) in [5, 5.41) is 7.39. The zero-order valence-electron chi connectivity index (χ0n) is 13.5. The number of aromatic nitrogens is 1. The van der Waals surface area contributed by atoms with Crippen LogP contribution in [0.3, 0.4) is 0 Å². The van der Waals surface area contributed by atoms with Gasteiger partial charge in [-0.1, -0.05) is 0 Å². The molecule has 0 amide bonds. The molecule has 0 radical (unpaired) electrons. The molecule has 0 saturated heterocycles. The summed E-state index contributed by atoms with van der Waals surface area (Å²) in [4.78, 5) is 7.56. The number of methoxy groups -OCH3 is 1. The molecule has 1 aromatic carbocycles. The van der Waals surface area contributed by atoms with Crippen LogP contribution in [0, 0.1) is 5.82 Å². The number of hydrogen-bond donors (Lipinski definition) is 3. The van der Waals surface area contributed by atoms with Crippen molar-refractivity contribution in [3.05, 3.63) is 35.8 Å². The number of nitrogens with one attached hydrogen (secondary N) is 3. The Morgan fingerprint density at radius 3 is 2.91 bits per heavy atom. The Morgan fingerprint density at radius 2 is 2.17 bits per heavy atom. The third-order valence-corrected chi connectivity index (χ3v) is 3.33. The van der Waals surface area contributed by atoms with Crippen LogP contribution in [0.2, 0.25) is 0 Å². The van der Waals surface area contributed by atoms with Gasteiger partial charge in [0.1, 0.15) is 5.82 Å². The lowest BCUT2D eigenvalue weighted by molar-refractivity contribution is 0.208. The Morgan fingerprint density at radius 1 is 1.35 bits per heavy atom. The molecule has 0 unspecified atom stereocenters. The van der Waals surface area contributed by atoms with Gasteiger partial charge in [0, 0.05) is 37.3 Å². The quantitative estimate of drug-likeness (QED) is 0.272. The Balaban J connectivity index is 0.00000264. The molecule has 0 fully saturated rings. The number of fused-ring (bicyclic) bond motifs is 1. The Kier molecular flexibility index (Phi) is 8.93. The highest BCUT2D eigenvalue weighted by atomic mass is 127. The van der Waals surface area contributed by atoms with Crippen molar-refractivity contribution in [3.8, 4) is 0 Å². The van der Waals surface area contributed by atoms with Crippen molar-refractivity contribution in [2.75, 3.05) is 33.4 Å². The third-order valence-electron chi connectivity index (χ3n) is 3.33. The van der Waals surface area contributed by atoms with E-state index in [0.717, 1.165) is 41.9 Å². The SMILES string of the molecule is CCNC(=NCCOC)NCCc1c[nH]c2ccc(F)cc12.I. The van der Waals surface area contributed by atoms with Gasteiger partial charge in [0.25, 0.3) is 0 Å². The maximum atomic E-state index is 13.3. The van der Waals surface area contributed by atoms with Crippen LogP contribution in [0.25, 0.3) is 10.9 Å². The maximum absolute atomic E-state index is 13.3. The normalized spacial score (nSPS) is 11.3. The van der Waals surface area contributed by atoms with Gasteiger partial charge in [0.15, 0.2) is 5.96 Å². The number of H-pyrrole nitrogens is 1. The Labute approximate surface area is 153 Å². The second kappa shape index (κ2) is 10.4. The van der Waals surface area contributed by atoms with Crippen molar-refractivity contribution < 1.29 is 9.13 Å². The second-order valence-corrected chi connectivity index (χ2v) is 4.93. The molecular weight excluding hydrogens is 410 g/mol. The van der Waals surface area contributed by atoms with E-state index in [2.05, 4.69) is 20.6 Å². The van der Waals surface area contributed by atoms with Gasteiger partial charge in [-0.15, -0.1) is 24.0 Å². The number of rotatable bonds is 7. The summed E-state index contributed by atoms with van der Waals surface area (Å²) >= 11 is 0. The molecule has 0 atom stereocenters. The fraction of sp³-hybridized carbons (Fsp3) is 0.438. The first kappa shape index (κ1) is 19.7. The van der Waals surface area contributed by atoms with Crippen LogP contribution >= 0.6 is 24.0 Å². The third kappa shape index (κ3) is 5.98. The van der Waals surface area contributed by atoms with E-state index in [1.807, 2.05) is 13.1 Å². The van der Waals surface area contributed by atoms with Crippen LogP contribution in [0.4, 0.5) is 4.39 Å². The minimum absolute atomic E-state index is 0. The molecule has 128 valence electrons. The lowest BCUT2D eigenvalue weighted by Gasteiger charge is -2.11. The van der Waals surface area contributed by atoms with Crippen LogP contribution in [0.1, 0.15) is 12.5 Å². The van der Waals surface area contributed by atoms with Crippen LogP contribution < -0.4 is 10.6 Å². The van der Waals surface area contributed by atoms with Crippen LogP contribution in [-0.2, 0) is 11.2 Å². The summed E-state index contributed by atoms with van der Waals surface area (Å²) in [5.74, 6) is 0.557.